The minimum Gasteiger partial charge on any atom is -0.309 e. The van der Waals surface area contributed by atoms with Crippen LogP contribution in [0, 0.1) is 0 Å². The lowest BCUT2D eigenvalue weighted by atomic mass is 10.1. The molecule has 0 atom stereocenters. The molecular formula is C60H36N8S2. The average Bonchev–Trinajstić information content (AvgIpc) is 3.97. The Hall–Kier alpha value is -8.70. The van der Waals surface area contributed by atoms with E-state index in [1.165, 1.54) is 35.7 Å². The fraction of sp³-hybridized carbons (Fsp3) is 0. The van der Waals surface area contributed by atoms with Crippen LogP contribution in [0.2, 0.25) is 0 Å². The normalized spacial score (nSPS) is 12.2. The molecule has 70 heavy (non-hydrogen) atoms. The smallest absolute Gasteiger partial charge is 0.238 e. The molecule has 0 fully saturated rings. The average molecular weight is 933 g/mol. The Morgan fingerprint density at radius 1 is 0.286 bits per heavy atom. The number of aromatic nitrogens is 8. The minimum absolute atomic E-state index is 0.579. The van der Waals surface area contributed by atoms with E-state index in [2.05, 4.69) is 106 Å². The van der Waals surface area contributed by atoms with Crippen LogP contribution in [0.15, 0.2) is 238 Å². The molecule has 0 aliphatic carbocycles. The largest absolute Gasteiger partial charge is 0.309 e. The summed E-state index contributed by atoms with van der Waals surface area (Å²) in [4.78, 5) is 35.3. The second-order valence-corrected chi connectivity index (χ2v) is 19.2. The molecule has 4 aromatic heterocycles. The zero-order chi connectivity index (χ0) is 46.1. The number of fused-ring (bicyclic) bond motifs is 10. The maximum Gasteiger partial charge on any atom is 0.238 e. The zero-order valence-electron chi connectivity index (χ0n) is 37.2. The van der Waals surface area contributed by atoms with E-state index in [1.54, 1.807) is 0 Å². The minimum atomic E-state index is 0.579. The molecule has 1 aliphatic heterocycles. The van der Waals surface area contributed by atoms with Gasteiger partial charge in [0.15, 0.2) is 29.1 Å². The summed E-state index contributed by atoms with van der Waals surface area (Å²) < 4.78 is 4.59. The van der Waals surface area contributed by atoms with Gasteiger partial charge in [-0.25, -0.2) is 19.9 Å². The Balaban J connectivity index is 0.904. The Kier molecular flexibility index (Phi) is 9.53. The van der Waals surface area contributed by atoms with Crippen molar-refractivity contribution in [1.82, 2.24) is 39.0 Å². The third-order valence-corrected chi connectivity index (χ3v) is 15.5. The Bertz CT molecular complexity index is 4060. The van der Waals surface area contributed by atoms with Gasteiger partial charge in [0.05, 0.1) is 22.1 Å². The molecule has 8 nitrogen and oxygen atoms in total. The van der Waals surface area contributed by atoms with Crippen molar-refractivity contribution in [3.63, 3.8) is 0 Å². The maximum absolute atomic E-state index is 5.18. The van der Waals surface area contributed by atoms with E-state index in [0.29, 0.717) is 35.1 Å². The number of benzene rings is 9. The molecule has 13 aromatic rings. The van der Waals surface area contributed by atoms with Crippen LogP contribution in [0.1, 0.15) is 0 Å². The molecule has 14 rings (SSSR count). The zero-order valence-corrected chi connectivity index (χ0v) is 38.8. The number of rotatable bonds is 7. The van der Waals surface area contributed by atoms with Gasteiger partial charge in [0, 0.05) is 74.6 Å². The molecule has 0 N–H and O–H groups in total. The lowest BCUT2D eigenvalue weighted by Gasteiger charge is -2.21. The van der Waals surface area contributed by atoms with E-state index >= 15 is 0 Å². The molecule has 0 spiro atoms. The van der Waals surface area contributed by atoms with Crippen LogP contribution >= 0.6 is 23.5 Å². The second-order valence-electron chi connectivity index (χ2n) is 17.1. The van der Waals surface area contributed by atoms with Crippen molar-refractivity contribution < 1.29 is 0 Å². The summed E-state index contributed by atoms with van der Waals surface area (Å²) in [6.07, 6.45) is 0. The molecular weight excluding hydrogens is 897 g/mol. The fourth-order valence-corrected chi connectivity index (χ4v) is 12.3. The quantitative estimate of drug-likeness (QED) is 0.156. The maximum atomic E-state index is 5.18. The van der Waals surface area contributed by atoms with Crippen LogP contribution in [0.4, 0.5) is 0 Å². The molecule has 0 unspecified atom stereocenters. The van der Waals surface area contributed by atoms with Gasteiger partial charge in [-0.2, -0.15) is 9.97 Å². The van der Waals surface area contributed by atoms with Gasteiger partial charge in [-0.1, -0.05) is 193 Å². The molecule has 328 valence electrons. The van der Waals surface area contributed by atoms with Gasteiger partial charge < -0.3 is 4.57 Å². The Labute approximate surface area is 410 Å². The van der Waals surface area contributed by atoms with Crippen molar-refractivity contribution in [1.29, 1.82) is 0 Å². The molecule has 9 aromatic carbocycles. The summed E-state index contributed by atoms with van der Waals surface area (Å²) in [5.41, 5.74) is 10.0. The van der Waals surface area contributed by atoms with Gasteiger partial charge in [0.1, 0.15) is 0 Å². The predicted octanol–water partition coefficient (Wildman–Crippen LogP) is 15.2. The molecule has 0 amide bonds. The second kappa shape index (κ2) is 16.5. The van der Waals surface area contributed by atoms with Gasteiger partial charge in [-0.3, -0.25) is 4.57 Å². The van der Waals surface area contributed by atoms with Crippen LogP contribution in [0.5, 0.6) is 0 Å². The molecule has 5 heterocycles. The van der Waals surface area contributed by atoms with Crippen molar-refractivity contribution in [2.75, 3.05) is 0 Å². The van der Waals surface area contributed by atoms with Crippen LogP contribution in [-0.2, 0) is 0 Å². The summed E-state index contributed by atoms with van der Waals surface area (Å²) in [5, 5.41) is 4.76. The highest BCUT2D eigenvalue weighted by Gasteiger charge is 2.28. The van der Waals surface area contributed by atoms with E-state index in [9.17, 15) is 0 Å². The van der Waals surface area contributed by atoms with Gasteiger partial charge in [0.25, 0.3) is 0 Å². The lowest BCUT2D eigenvalue weighted by molar-refractivity contribution is 0.952. The monoisotopic (exact) mass is 932 g/mol. The fourth-order valence-electron chi connectivity index (χ4n) is 9.72. The van der Waals surface area contributed by atoms with E-state index in [1.807, 2.05) is 145 Å². The summed E-state index contributed by atoms with van der Waals surface area (Å²) in [6, 6.07) is 75.5. The summed E-state index contributed by atoms with van der Waals surface area (Å²) in [5.74, 6) is 3.72. The molecule has 0 radical (unpaired) electrons. The summed E-state index contributed by atoms with van der Waals surface area (Å²) in [6.45, 7) is 0. The Morgan fingerprint density at radius 3 is 1.13 bits per heavy atom. The van der Waals surface area contributed by atoms with Gasteiger partial charge >= 0.3 is 0 Å². The highest BCUT2D eigenvalue weighted by molar-refractivity contribution is 8.05. The predicted molar refractivity (Wildman–Crippen MR) is 284 cm³/mol. The molecule has 0 saturated heterocycles. The highest BCUT2D eigenvalue weighted by atomic mass is 32.2. The number of hydrogen-bond donors (Lipinski definition) is 0. The molecule has 10 heteroatoms. The van der Waals surface area contributed by atoms with Gasteiger partial charge in [0.2, 0.25) is 5.95 Å². The third kappa shape index (κ3) is 6.71. The number of nitrogens with zero attached hydrogens (tertiary/aromatic N) is 8. The summed E-state index contributed by atoms with van der Waals surface area (Å²) >= 11 is 3.69. The van der Waals surface area contributed by atoms with Crippen molar-refractivity contribution in [2.24, 2.45) is 0 Å². The van der Waals surface area contributed by atoms with Crippen LogP contribution in [0.25, 0.3) is 112 Å². The van der Waals surface area contributed by atoms with Gasteiger partial charge in [-0.15, -0.1) is 0 Å². The van der Waals surface area contributed by atoms with E-state index in [0.717, 1.165) is 61.0 Å². The first kappa shape index (κ1) is 40.4. The first-order valence-corrected chi connectivity index (χ1v) is 24.7. The van der Waals surface area contributed by atoms with Crippen molar-refractivity contribution >= 4 is 67.1 Å². The first-order chi connectivity index (χ1) is 34.7. The highest BCUT2D eigenvalue weighted by Crippen LogP contribution is 2.56. The lowest BCUT2D eigenvalue weighted by Crippen LogP contribution is -2.06. The number of para-hydroxylation sites is 2. The van der Waals surface area contributed by atoms with E-state index in [-0.39, 0.29) is 0 Å². The third-order valence-electron chi connectivity index (χ3n) is 12.9. The van der Waals surface area contributed by atoms with Crippen molar-refractivity contribution in [3.05, 3.63) is 218 Å². The van der Waals surface area contributed by atoms with Crippen LogP contribution in [0.3, 0.4) is 0 Å². The van der Waals surface area contributed by atoms with Crippen molar-refractivity contribution in [2.45, 2.75) is 19.6 Å². The van der Waals surface area contributed by atoms with E-state index in [4.69, 9.17) is 29.9 Å². The Morgan fingerprint density at radius 2 is 0.657 bits per heavy atom. The number of hydrogen-bond acceptors (Lipinski definition) is 8. The standard InChI is InChI=1S/C60H36N8S2/c1-5-18-37(19-6-1)55-61-56(38-20-7-2-8-21-38)63-59(62-55)41-26-17-27-42(36-41)67-45-30-15-13-28-43(45)51-47(67)32-34-49-53(51)69-50-35-33-48-52(54(50)70-49)44-29-14-16-31-46(44)68(48)60-65-57(39-22-9-3-10-23-39)64-58(66-60)40-24-11-4-12-25-40/h1-36H. The van der Waals surface area contributed by atoms with Crippen LogP contribution < -0.4 is 0 Å². The van der Waals surface area contributed by atoms with E-state index < -0.39 is 0 Å². The molecule has 0 saturated carbocycles. The molecule has 0 bridgehead atoms. The first-order valence-electron chi connectivity index (χ1n) is 23.0. The summed E-state index contributed by atoms with van der Waals surface area (Å²) in [7, 11) is 0. The van der Waals surface area contributed by atoms with Crippen molar-refractivity contribution in [3.8, 4) is 68.6 Å². The molecule has 1 aliphatic rings. The van der Waals surface area contributed by atoms with Crippen LogP contribution in [-0.4, -0.2) is 39.0 Å². The van der Waals surface area contributed by atoms with Gasteiger partial charge in [-0.05, 0) is 48.5 Å². The topological polar surface area (TPSA) is 87.2 Å². The SMILES string of the molecule is c1ccc(-c2nc(-c3ccccc3)nc(-c3cccc(-n4c5ccccc5c5c6c(ccc54)Sc4c(ccc5c4c4ccccc4n5-c4nc(-c5ccccc5)nc(-c5ccccc5)n4)S6)c3)n2)cc1.